The lowest BCUT2D eigenvalue weighted by Crippen LogP contribution is -2.17. The average Bonchev–Trinajstić information content (AvgIpc) is 2.76. The van der Waals surface area contributed by atoms with Crippen molar-refractivity contribution < 1.29 is 8.42 Å². The van der Waals surface area contributed by atoms with Gasteiger partial charge in [0, 0.05) is 19.3 Å². The second kappa shape index (κ2) is 5.41. The summed E-state index contributed by atoms with van der Waals surface area (Å²) in [6.07, 6.45) is 1.45. The summed E-state index contributed by atoms with van der Waals surface area (Å²) in [6.45, 7) is 0.682. The Balaban J connectivity index is 2.26. The molecule has 0 fully saturated rings. The maximum Gasteiger partial charge on any atom is 0.279 e. The molecule has 0 aliphatic rings. The lowest BCUT2D eigenvalue weighted by molar-refractivity contribution is 0.582. The Kier molecular flexibility index (Phi) is 3.87. The molecule has 0 atom stereocenters. The first kappa shape index (κ1) is 13.6. The molecule has 1 aromatic heterocycles. The third-order valence-electron chi connectivity index (χ3n) is 2.61. The molecule has 1 heterocycles. The van der Waals surface area contributed by atoms with Crippen LogP contribution in [0.3, 0.4) is 0 Å². The molecule has 2 rings (SSSR count). The van der Waals surface area contributed by atoms with Crippen LogP contribution in [0.5, 0.6) is 0 Å². The van der Waals surface area contributed by atoms with E-state index in [4.69, 9.17) is 0 Å². The van der Waals surface area contributed by atoms with Crippen LogP contribution in [0.25, 0.3) is 0 Å². The molecular formula is C12H16N4O2S. The molecule has 2 N–H and O–H groups in total. The van der Waals surface area contributed by atoms with E-state index >= 15 is 0 Å². The van der Waals surface area contributed by atoms with Crippen molar-refractivity contribution in [2.45, 2.75) is 11.6 Å². The van der Waals surface area contributed by atoms with Gasteiger partial charge < -0.3 is 5.32 Å². The van der Waals surface area contributed by atoms with Gasteiger partial charge in [-0.2, -0.15) is 13.5 Å². The Morgan fingerprint density at radius 1 is 1.32 bits per heavy atom. The molecule has 0 unspecified atom stereocenters. The molecule has 0 bridgehead atoms. The van der Waals surface area contributed by atoms with Crippen molar-refractivity contribution >= 4 is 15.7 Å². The Morgan fingerprint density at radius 2 is 2.11 bits per heavy atom. The number of rotatable bonds is 5. The maximum absolute atomic E-state index is 12.2. The van der Waals surface area contributed by atoms with Crippen LogP contribution < -0.4 is 10.0 Å². The number of aromatic nitrogens is 2. The first-order valence-electron chi connectivity index (χ1n) is 5.77. The number of hydrogen-bond donors (Lipinski definition) is 2. The van der Waals surface area contributed by atoms with Crippen LogP contribution in [0.4, 0.5) is 5.69 Å². The Bertz CT molecular complexity index is 664. The fraction of sp³-hybridized carbons (Fsp3) is 0.250. The summed E-state index contributed by atoms with van der Waals surface area (Å²) in [5.41, 5.74) is 1.54. The van der Waals surface area contributed by atoms with E-state index in [1.165, 1.54) is 16.9 Å². The fourth-order valence-corrected chi connectivity index (χ4v) is 2.96. The molecule has 0 radical (unpaired) electrons. The highest BCUT2D eigenvalue weighted by Crippen LogP contribution is 2.16. The highest BCUT2D eigenvalue weighted by Gasteiger charge is 2.17. The van der Waals surface area contributed by atoms with Gasteiger partial charge in [0.25, 0.3) is 10.0 Å². The predicted molar refractivity (Wildman–Crippen MR) is 73.2 cm³/mol. The quantitative estimate of drug-likeness (QED) is 0.854. The van der Waals surface area contributed by atoms with Crippen LogP contribution in [0.2, 0.25) is 0 Å². The van der Waals surface area contributed by atoms with E-state index in [1.54, 1.807) is 19.2 Å². The number of hydrogen-bond acceptors (Lipinski definition) is 4. The molecule has 0 spiro atoms. The van der Waals surface area contributed by atoms with Crippen LogP contribution in [0.15, 0.2) is 41.6 Å². The number of nitrogens with zero attached hydrogens (tertiary/aromatic N) is 2. The van der Waals surface area contributed by atoms with E-state index in [2.05, 4.69) is 15.1 Å². The Labute approximate surface area is 112 Å². The van der Waals surface area contributed by atoms with Crippen LogP contribution >= 0.6 is 0 Å². The minimum Gasteiger partial charge on any atom is -0.316 e. The van der Waals surface area contributed by atoms with Gasteiger partial charge in [0.05, 0.1) is 6.20 Å². The van der Waals surface area contributed by atoms with Crippen molar-refractivity contribution in [2.24, 2.45) is 7.05 Å². The van der Waals surface area contributed by atoms with E-state index in [-0.39, 0.29) is 5.03 Å². The number of aryl methyl sites for hydroxylation is 1. The predicted octanol–water partition coefficient (Wildman–Crippen LogP) is 0.940. The summed E-state index contributed by atoms with van der Waals surface area (Å²) in [7, 11) is -0.173. The summed E-state index contributed by atoms with van der Waals surface area (Å²) in [6, 6.07) is 8.71. The van der Waals surface area contributed by atoms with E-state index in [0.717, 1.165) is 5.56 Å². The highest BCUT2D eigenvalue weighted by molar-refractivity contribution is 7.92. The zero-order valence-electron chi connectivity index (χ0n) is 10.8. The molecule has 0 amide bonds. The van der Waals surface area contributed by atoms with Gasteiger partial charge in [-0.15, -0.1) is 0 Å². The van der Waals surface area contributed by atoms with Gasteiger partial charge in [0.1, 0.15) is 0 Å². The molecular weight excluding hydrogens is 264 g/mol. The minimum atomic E-state index is -3.60. The van der Waals surface area contributed by atoms with E-state index in [1.807, 2.05) is 19.2 Å². The van der Waals surface area contributed by atoms with Crippen LogP contribution in [-0.4, -0.2) is 25.2 Å². The lowest BCUT2D eigenvalue weighted by Gasteiger charge is -2.09. The van der Waals surface area contributed by atoms with E-state index < -0.39 is 10.0 Å². The molecule has 102 valence electrons. The van der Waals surface area contributed by atoms with Gasteiger partial charge in [-0.3, -0.25) is 9.40 Å². The van der Waals surface area contributed by atoms with Crippen molar-refractivity contribution in [3.63, 3.8) is 0 Å². The number of nitrogens with one attached hydrogen (secondary N) is 2. The molecule has 2 aromatic rings. The number of sulfonamides is 1. The van der Waals surface area contributed by atoms with Gasteiger partial charge >= 0.3 is 0 Å². The van der Waals surface area contributed by atoms with Crippen LogP contribution in [0.1, 0.15) is 5.56 Å². The molecule has 7 heteroatoms. The largest absolute Gasteiger partial charge is 0.316 e. The third-order valence-corrected chi connectivity index (χ3v) is 4.07. The monoisotopic (exact) mass is 280 g/mol. The molecule has 0 aliphatic heterocycles. The van der Waals surface area contributed by atoms with Crippen molar-refractivity contribution in [1.29, 1.82) is 0 Å². The van der Waals surface area contributed by atoms with Gasteiger partial charge in [-0.1, -0.05) is 12.1 Å². The SMILES string of the molecule is CNCc1cccc(NS(=O)(=O)c2ccnn2C)c1. The van der Waals surface area contributed by atoms with Crippen molar-refractivity contribution in [3.05, 3.63) is 42.1 Å². The average molecular weight is 280 g/mol. The topological polar surface area (TPSA) is 76.0 Å². The molecule has 6 nitrogen and oxygen atoms in total. The summed E-state index contributed by atoms with van der Waals surface area (Å²) in [5.74, 6) is 0. The summed E-state index contributed by atoms with van der Waals surface area (Å²) in [5, 5.41) is 7.01. The van der Waals surface area contributed by atoms with Gasteiger partial charge in [0.15, 0.2) is 5.03 Å². The lowest BCUT2D eigenvalue weighted by atomic mass is 10.2. The maximum atomic E-state index is 12.2. The number of anilines is 1. The normalized spacial score (nSPS) is 11.5. The van der Waals surface area contributed by atoms with Crippen LogP contribution in [0, 0.1) is 0 Å². The van der Waals surface area contributed by atoms with Gasteiger partial charge in [-0.05, 0) is 30.8 Å². The summed E-state index contributed by atoms with van der Waals surface area (Å²) >= 11 is 0. The fourth-order valence-electron chi connectivity index (χ4n) is 1.78. The number of benzene rings is 1. The second-order valence-electron chi connectivity index (χ2n) is 4.13. The first-order chi connectivity index (χ1) is 9.03. The zero-order valence-corrected chi connectivity index (χ0v) is 11.6. The van der Waals surface area contributed by atoms with E-state index in [0.29, 0.717) is 12.2 Å². The third kappa shape index (κ3) is 3.12. The van der Waals surface area contributed by atoms with Gasteiger partial charge in [0.2, 0.25) is 0 Å². The van der Waals surface area contributed by atoms with Gasteiger partial charge in [-0.25, -0.2) is 0 Å². The smallest absolute Gasteiger partial charge is 0.279 e. The van der Waals surface area contributed by atoms with Crippen molar-refractivity contribution in [3.8, 4) is 0 Å². The standard InChI is InChI=1S/C12H16N4O2S/c1-13-9-10-4-3-5-11(8-10)15-19(17,18)12-6-7-14-16(12)2/h3-8,13,15H,9H2,1-2H3. The Morgan fingerprint density at radius 3 is 2.74 bits per heavy atom. The summed E-state index contributed by atoms with van der Waals surface area (Å²) in [4.78, 5) is 0. The van der Waals surface area contributed by atoms with E-state index in [9.17, 15) is 8.42 Å². The molecule has 0 aliphatic carbocycles. The molecule has 0 saturated carbocycles. The van der Waals surface area contributed by atoms with Crippen LogP contribution in [-0.2, 0) is 23.6 Å². The second-order valence-corrected chi connectivity index (χ2v) is 5.76. The van der Waals surface area contributed by atoms with Crippen molar-refractivity contribution in [2.75, 3.05) is 11.8 Å². The minimum absolute atomic E-state index is 0.131. The molecule has 1 aromatic carbocycles. The molecule has 0 saturated heterocycles. The highest BCUT2D eigenvalue weighted by atomic mass is 32.2. The summed E-state index contributed by atoms with van der Waals surface area (Å²) < 4.78 is 28.2. The van der Waals surface area contributed by atoms with Crippen molar-refractivity contribution in [1.82, 2.24) is 15.1 Å². The molecule has 19 heavy (non-hydrogen) atoms. The zero-order chi connectivity index (χ0) is 13.9. The Hall–Kier alpha value is -1.86. The first-order valence-corrected chi connectivity index (χ1v) is 7.25.